The van der Waals surface area contributed by atoms with Crippen LogP contribution in [0, 0.1) is 0 Å². The van der Waals surface area contributed by atoms with Crippen molar-refractivity contribution in [2.75, 3.05) is 13.6 Å². The Morgan fingerprint density at radius 3 is 2.39 bits per heavy atom. The summed E-state index contributed by atoms with van der Waals surface area (Å²) in [6.07, 6.45) is 0.108. The minimum absolute atomic E-state index is 0.0988. The van der Waals surface area contributed by atoms with E-state index < -0.39 is 0 Å². The molecular weight excluding hydrogens is 530 g/mol. The number of ether oxygens (including phenoxy) is 4. The summed E-state index contributed by atoms with van der Waals surface area (Å²) in [5.74, 6) is 2.80. The lowest BCUT2D eigenvalue weighted by Gasteiger charge is -2.14. The number of carbonyl (C=O) groups is 1. The van der Waals surface area contributed by atoms with Crippen LogP contribution in [-0.4, -0.2) is 29.0 Å². The van der Waals surface area contributed by atoms with Crippen LogP contribution in [-0.2, 0) is 23.6 Å². The van der Waals surface area contributed by atoms with Crippen molar-refractivity contribution in [1.29, 1.82) is 0 Å². The fourth-order valence-electron chi connectivity index (χ4n) is 4.18. The summed E-state index contributed by atoms with van der Waals surface area (Å²) >= 11 is 7.43. The van der Waals surface area contributed by atoms with Gasteiger partial charge in [-0.1, -0.05) is 41.6 Å². The molecule has 0 fully saturated rings. The smallest absolute Gasteiger partial charge is 0.262 e. The van der Waals surface area contributed by atoms with Gasteiger partial charge >= 0.3 is 0 Å². The zero-order chi connectivity index (χ0) is 26.1. The number of thioether (sulfide) groups is 1. The fraction of sp³-hybridized carbons (Fsp3) is 0.222. The number of aromatic nitrogens is 2. The van der Waals surface area contributed by atoms with Crippen LogP contribution in [0.5, 0.6) is 23.0 Å². The molecule has 0 radical (unpaired) electrons. The first-order valence-electron chi connectivity index (χ1n) is 11.9. The van der Waals surface area contributed by atoms with Gasteiger partial charge in [0.1, 0.15) is 0 Å². The van der Waals surface area contributed by atoms with E-state index in [2.05, 4.69) is 5.32 Å². The van der Waals surface area contributed by atoms with Gasteiger partial charge in [-0.25, -0.2) is 4.98 Å². The van der Waals surface area contributed by atoms with Gasteiger partial charge in [0, 0.05) is 36.4 Å². The van der Waals surface area contributed by atoms with Crippen LogP contribution in [0.4, 0.5) is 0 Å². The maximum Gasteiger partial charge on any atom is 0.262 e. The third-order valence-electron chi connectivity index (χ3n) is 6.18. The van der Waals surface area contributed by atoms with E-state index in [1.165, 1.54) is 11.8 Å². The molecule has 2 aliphatic rings. The second kappa shape index (κ2) is 10.5. The summed E-state index contributed by atoms with van der Waals surface area (Å²) in [4.78, 5) is 31.0. The Labute approximate surface area is 226 Å². The van der Waals surface area contributed by atoms with E-state index in [1.54, 1.807) is 16.7 Å². The summed E-state index contributed by atoms with van der Waals surface area (Å²) in [7, 11) is 0. The van der Waals surface area contributed by atoms with Crippen LogP contribution >= 0.6 is 23.4 Å². The lowest BCUT2D eigenvalue weighted by atomic mass is 10.2. The fourth-order valence-corrected chi connectivity index (χ4v) is 5.29. The molecule has 3 aromatic carbocycles. The molecule has 6 rings (SSSR count). The molecule has 2 aliphatic heterocycles. The molecule has 0 aliphatic carbocycles. The van der Waals surface area contributed by atoms with Crippen LogP contribution in [0.2, 0.25) is 5.02 Å². The summed E-state index contributed by atoms with van der Waals surface area (Å²) in [5, 5.41) is 4.48. The van der Waals surface area contributed by atoms with Crippen LogP contribution in [0.1, 0.15) is 17.5 Å². The van der Waals surface area contributed by atoms with E-state index in [0.29, 0.717) is 56.4 Å². The Morgan fingerprint density at radius 2 is 1.61 bits per heavy atom. The number of fused-ring (bicyclic) bond motifs is 3. The van der Waals surface area contributed by atoms with Crippen molar-refractivity contribution < 1.29 is 23.7 Å². The van der Waals surface area contributed by atoms with Gasteiger partial charge in [0.2, 0.25) is 19.5 Å². The minimum Gasteiger partial charge on any atom is -0.454 e. The Balaban J connectivity index is 1.21. The molecule has 0 spiro atoms. The molecule has 4 aromatic rings. The van der Waals surface area contributed by atoms with Gasteiger partial charge in [0.05, 0.1) is 10.9 Å². The number of hydrogen-bond donors (Lipinski definition) is 1. The molecule has 1 aromatic heterocycles. The average Bonchev–Trinajstić information content (AvgIpc) is 3.59. The first kappa shape index (κ1) is 24.4. The van der Waals surface area contributed by atoms with Crippen LogP contribution in [0.3, 0.4) is 0 Å². The number of hydrogen-bond acceptors (Lipinski definition) is 8. The predicted octanol–water partition coefficient (Wildman–Crippen LogP) is 4.51. The maximum absolute atomic E-state index is 13.5. The molecule has 1 N–H and O–H groups in total. The van der Waals surface area contributed by atoms with Gasteiger partial charge in [-0.3, -0.25) is 14.2 Å². The Morgan fingerprint density at radius 1 is 0.921 bits per heavy atom. The van der Waals surface area contributed by atoms with Crippen molar-refractivity contribution >= 4 is 40.2 Å². The van der Waals surface area contributed by atoms with E-state index in [0.717, 1.165) is 11.1 Å². The standard InChI is InChI=1S/C27H22ClN3O6S/c28-18-4-1-16(2-5-18)13-38-27-30-20-11-24-23(36-15-37-24)10-19(20)26(33)31(27)8-7-25(32)29-12-17-3-6-21-22(9-17)35-14-34-21/h1-6,9-11H,7-8,12-15H2,(H,29,32). The minimum atomic E-state index is -0.240. The highest BCUT2D eigenvalue weighted by Crippen LogP contribution is 2.35. The van der Waals surface area contributed by atoms with E-state index in [9.17, 15) is 9.59 Å². The van der Waals surface area contributed by atoms with Crippen molar-refractivity contribution in [2.24, 2.45) is 0 Å². The average molecular weight is 552 g/mol. The normalized spacial score (nSPS) is 13.2. The highest BCUT2D eigenvalue weighted by Gasteiger charge is 2.20. The first-order chi connectivity index (χ1) is 18.5. The summed E-state index contributed by atoms with van der Waals surface area (Å²) in [6.45, 7) is 0.801. The van der Waals surface area contributed by atoms with E-state index in [1.807, 2.05) is 42.5 Å². The zero-order valence-electron chi connectivity index (χ0n) is 20.1. The van der Waals surface area contributed by atoms with Crippen molar-refractivity contribution in [1.82, 2.24) is 14.9 Å². The number of nitrogens with zero attached hydrogens (tertiary/aromatic N) is 2. The molecule has 194 valence electrons. The number of carbonyl (C=O) groups excluding carboxylic acids is 1. The van der Waals surface area contributed by atoms with Gasteiger partial charge in [-0.05, 0) is 41.5 Å². The number of rotatable bonds is 8. The SMILES string of the molecule is O=C(CCn1c(SCc2ccc(Cl)cc2)nc2cc3c(cc2c1=O)OCO3)NCc1ccc2c(c1)OCO2. The van der Waals surface area contributed by atoms with Crippen molar-refractivity contribution in [3.63, 3.8) is 0 Å². The number of amides is 1. The van der Waals surface area contributed by atoms with Gasteiger partial charge < -0.3 is 24.3 Å². The summed E-state index contributed by atoms with van der Waals surface area (Å²) in [5.41, 5.74) is 2.20. The molecule has 0 atom stereocenters. The Kier molecular flexibility index (Phi) is 6.73. The van der Waals surface area contributed by atoms with E-state index in [-0.39, 0.29) is 38.0 Å². The van der Waals surface area contributed by atoms with Gasteiger partial charge in [0.25, 0.3) is 5.56 Å². The van der Waals surface area contributed by atoms with Gasteiger partial charge in [0.15, 0.2) is 28.2 Å². The lowest BCUT2D eigenvalue weighted by Crippen LogP contribution is -2.28. The molecule has 9 nitrogen and oxygen atoms in total. The third kappa shape index (κ3) is 5.09. The van der Waals surface area contributed by atoms with Gasteiger partial charge in [-0.15, -0.1) is 0 Å². The second-order valence-corrected chi connectivity index (χ2v) is 10.1. The van der Waals surface area contributed by atoms with Crippen molar-refractivity contribution in [2.45, 2.75) is 30.4 Å². The van der Waals surface area contributed by atoms with Crippen LogP contribution < -0.4 is 29.8 Å². The molecule has 38 heavy (non-hydrogen) atoms. The molecule has 0 saturated carbocycles. The van der Waals surface area contributed by atoms with E-state index in [4.69, 9.17) is 35.5 Å². The molecule has 0 bridgehead atoms. The lowest BCUT2D eigenvalue weighted by molar-refractivity contribution is -0.121. The highest BCUT2D eigenvalue weighted by molar-refractivity contribution is 7.98. The summed E-state index contributed by atoms with van der Waals surface area (Å²) < 4.78 is 23.2. The number of nitrogens with one attached hydrogen (secondary N) is 1. The Bertz CT molecular complexity index is 1590. The number of halogens is 1. The number of benzene rings is 3. The van der Waals surface area contributed by atoms with Crippen LogP contribution in [0.25, 0.3) is 10.9 Å². The molecular formula is C27H22ClN3O6S. The summed E-state index contributed by atoms with van der Waals surface area (Å²) in [6, 6.07) is 16.4. The van der Waals surface area contributed by atoms with Crippen molar-refractivity contribution in [3.8, 4) is 23.0 Å². The monoisotopic (exact) mass is 551 g/mol. The quantitative estimate of drug-likeness (QED) is 0.252. The first-order valence-corrected chi connectivity index (χ1v) is 13.3. The van der Waals surface area contributed by atoms with E-state index >= 15 is 0 Å². The topological polar surface area (TPSA) is 101 Å². The van der Waals surface area contributed by atoms with Crippen molar-refractivity contribution in [3.05, 3.63) is 81.1 Å². The van der Waals surface area contributed by atoms with Gasteiger partial charge in [-0.2, -0.15) is 0 Å². The highest BCUT2D eigenvalue weighted by atomic mass is 35.5. The predicted molar refractivity (Wildman–Crippen MR) is 142 cm³/mol. The zero-order valence-corrected chi connectivity index (χ0v) is 21.6. The molecule has 0 saturated heterocycles. The molecule has 1 amide bonds. The maximum atomic E-state index is 13.5. The molecule has 3 heterocycles. The second-order valence-electron chi connectivity index (χ2n) is 8.70. The molecule has 0 unspecified atom stereocenters. The molecule has 11 heteroatoms. The van der Waals surface area contributed by atoms with Crippen LogP contribution in [0.15, 0.2) is 64.5 Å². The largest absolute Gasteiger partial charge is 0.454 e. The third-order valence-corrected chi connectivity index (χ3v) is 7.48. The Hall–Kier alpha value is -3.89.